The first-order valence-electron chi connectivity index (χ1n) is 11.6. The second-order valence-electron chi connectivity index (χ2n) is 8.70. The summed E-state index contributed by atoms with van der Waals surface area (Å²) in [6, 6.07) is 9.36. The maximum atomic E-state index is 13.0. The number of benzene rings is 1. The van der Waals surface area contributed by atoms with E-state index in [1.807, 2.05) is 6.07 Å². The van der Waals surface area contributed by atoms with E-state index in [2.05, 4.69) is 39.0 Å². The molecule has 9 heteroatoms. The Morgan fingerprint density at radius 3 is 2.60 bits per heavy atom. The Bertz CT molecular complexity index is 1330. The van der Waals surface area contributed by atoms with Gasteiger partial charge in [0.25, 0.3) is 0 Å². The number of fused-ring (bicyclic) bond motifs is 1. The second kappa shape index (κ2) is 9.95. The number of piperidine rings is 1. The number of amides is 1. The number of pyridine rings is 1. The average Bonchev–Trinajstić information content (AvgIpc) is 3.18. The first kappa shape index (κ1) is 23.2. The van der Waals surface area contributed by atoms with Gasteiger partial charge >= 0.3 is 0 Å². The molecule has 5 rings (SSSR count). The van der Waals surface area contributed by atoms with Gasteiger partial charge in [0.05, 0.1) is 5.39 Å². The van der Waals surface area contributed by atoms with Gasteiger partial charge in [-0.2, -0.15) is 0 Å². The number of aromatic nitrogens is 3. The third kappa shape index (κ3) is 5.09. The zero-order valence-electron chi connectivity index (χ0n) is 19.6. The fourth-order valence-corrected chi connectivity index (χ4v) is 5.28. The van der Waals surface area contributed by atoms with Crippen LogP contribution in [0.4, 0.5) is 10.2 Å². The van der Waals surface area contributed by atoms with Gasteiger partial charge in [-0.25, -0.2) is 19.3 Å². The van der Waals surface area contributed by atoms with Crippen LogP contribution in [0, 0.1) is 25.6 Å². The van der Waals surface area contributed by atoms with Crippen LogP contribution in [0.3, 0.4) is 0 Å². The number of rotatable bonds is 6. The lowest BCUT2D eigenvalue weighted by Crippen LogP contribution is -2.40. The summed E-state index contributed by atoms with van der Waals surface area (Å²) in [5, 5.41) is 4.17. The van der Waals surface area contributed by atoms with Crippen LogP contribution >= 0.6 is 11.3 Å². The molecule has 0 atom stereocenters. The maximum Gasteiger partial charge on any atom is 0.223 e. The van der Waals surface area contributed by atoms with Crippen molar-refractivity contribution in [1.29, 1.82) is 0 Å². The molecule has 180 valence electrons. The van der Waals surface area contributed by atoms with Crippen LogP contribution in [0.25, 0.3) is 10.2 Å². The SMILES string of the molecule is Cc1sc2ncnc(N3CCC(C(=O)NCc4ccc(Oc5ccc(F)cc5)nc4)CC3)c2c1C. The molecule has 0 saturated carbocycles. The molecule has 3 aromatic heterocycles. The van der Waals surface area contributed by atoms with Crippen LogP contribution < -0.4 is 15.0 Å². The first-order valence-corrected chi connectivity index (χ1v) is 12.4. The molecule has 1 fully saturated rings. The van der Waals surface area contributed by atoms with E-state index in [0.29, 0.717) is 18.2 Å². The smallest absolute Gasteiger partial charge is 0.223 e. The number of anilines is 1. The Labute approximate surface area is 207 Å². The number of carbonyl (C=O) groups excluding carboxylic acids is 1. The maximum absolute atomic E-state index is 13.0. The molecule has 0 radical (unpaired) electrons. The Kier molecular flexibility index (Phi) is 6.59. The van der Waals surface area contributed by atoms with Gasteiger partial charge in [-0.15, -0.1) is 11.3 Å². The number of aryl methyl sites for hydroxylation is 2. The standard InChI is InChI=1S/C26H26FN5O2S/c1-16-17(2)35-26-23(16)24(30-15-31-26)32-11-9-19(10-12-32)25(33)29-14-18-3-8-22(28-13-18)34-21-6-4-20(27)5-7-21/h3-8,13,15,19H,9-12,14H2,1-2H3,(H,29,33). The van der Waals surface area contributed by atoms with Gasteiger partial charge in [-0.05, 0) is 62.1 Å². The Morgan fingerprint density at radius 1 is 1.11 bits per heavy atom. The minimum atomic E-state index is -0.318. The molecule has 1 saturated heterocycles. The van der Waals surface area contributed by atoms with Crippen molar-refractivity contribution in [3.8, 4) is 11.6 Å². The predicted octanol–water partition coefficient (Wildman–Crippen LogP) is 5.17. The molecule has 1 aliphatic heterocycles. The molecule has 1 aromatic carbocycles. The van der Waals surface area contributed by atoms with Crippen LogP contribution in [-0.2, 0) is 11.3 Å². The molecule has 4 aromatic rings. The normalized spacial score (nSPS) is 14.3. The minimum absolute atomic E-state index is 0.0251. The van der Waals surface area contributed by atoms with Gasteiger partial charge in [0.15, 0.2) is 0 Å². The van der Waals surface area contributed by atoms with Crippen molar-refractivity contribution in [2.24, 2.45) is 5.92 Å². The molecule has 35 heavy (non-hydrogen) atoms. The molecule has 0 aliphatic carbocycles. The fraction of sp³-hybridized carbons (Fsp3) is 0.308. The van der Waals surface area contributed by atoms with Gasteiger partial charge in [0.2, 0.25) is 11.8 Å². The number of ether oxygens (including phenoxy) is 1. The topological polar surface area (TPSA) is 80.2 Å². The lowest BCUT2D eigenvalue weighted by atomic mass is 9.95. The van der Waals surface area contributed by atoms with Crippen LogP contribution in [0.5, 0.6) is 11.6 Å². The van der Waals surface area contributed by atoms with Crippen molar-refractivity contribution in [3.05, 3.63) is 70.7 Å². The zero-order chi connectivity index (χ0) is 24.4. The number of nitrogens with zero attached hydrogens (tertiary/aromatic N) is 4. The summed E-state index contributed by atoms with van der Waals surface area (Å²) in [5.41, 5.74) is 2.12. The zero-order valence-corrected chi connectivity index (χ0v) is 20.4. The molecule has 1 N–H and O–H groups in total. The van der Waals surface area contributed by atoms with Crippen LogP contribution in [0.2, 0.25) is 0 Å². The Hall–Kier alpha value is -3.59. The summed E-state index contributed by atoms with van der Waals surface area (Å²) in [6.07, 6.45) is 4.87. The van der Waals surface area contributed by atoms with Crippen molar-refractivity contribution in [2.75, 3.05) is 18.0 Å². The molecule has 0 unspecified atom stereocenters. The van der Waals surface area contributed by atoms with E-state index in [1.54, 1.807) is 42.1 Å². The molecule has 1 aliphatic rings. The van der Waals surface area contributed by atoms with Crippen molar-refractivity contribution >= 4 is 33.3 Å². The molecular weight excluding hydrogens is 465 g/mol. The third-order valence-electron chi connectivity index (χ3n) is 6.41. The number of hydrogen-bond donors (Lipinski definition) is 1. The summed E-state index contributed by atoms with van der Waals surface area (Å²) >= 11 is 1.70. The van der Waals surface area contributed by atoms with Crippen molar-refractivity contribution < 1.29 is 13.9 Å². The summed E-state index contributed by atoms with van der Waals surface area (Å²) in [7, 11) is 0. The molecule has 1 amide bonds. The van der Waals surface area contributed by atoms with Gasteiger partial charge in [0, 0.05) is 42.7 Å². The number of thiophene rings is 1. The van der Waals surface area contributed by atoms with Crippen LogP contribution in [-0.4, -0.2) is 33.9 Å². The van der Waals surface area contributed by atoms with E-state index in [4.69, 9.17) is 4.74 Å². The van der Waals surface area contributed by atoms with Crippen molar-refractivity contribution in [1.82, 2.24) is 20.3 Å². The molecule has 7 nitrogen and oxygen atoms in total. The summed E-state index contributed by atoms with van der Waals surface area (Å²) in [4.78, 5) is 30.6. The monoisotopic (exact) mass is 491 g/mol. The lowest BCUT2D eigenvalue weighted by Gasteiger charge is -2.32. The van der Waals surface area contributed by atoms with Gasteiger partial charge in [-0.3, -0.25) is 4.79 Å². The van der Waals surface area contributed by atoms with Crippen LogP contribution in [0.15, 0.2) is 48.9 Å². The largest absolute Gasteiger partial charge is 0.439 e. The highest BCUT2D eigenvalue weighted by atomic mass is 32.1. The van der Waals surface area contributed by atoms with E-state index in [0.717, 1.165) is 47.5 Å². The number of halogens is 1. The van der Waals surface area contributed by atoms with E-state index in [-0.39, 0.29) is 17.6 Å². The number of nitrogens with one attached hydrogen (secondary N) is 1. The molecule has 4 heterocycles. The first-order chi connectivity index (χ1) is 17.0. The summed E-state index contributed by atoms with van der Waals surface area (Å²) in [6.45, 7) is 6.22. The molecule has 0 spiro atoms. The van der Waals surface area contributed by atoms with E-state index in [1.165, 1.54) is 22.6 Å². The number of hydrogen-bond acceptors (Lipinski definition) is 7. The summed E-state index contributed by atoms with van der Waals surface area (Å²) in [5.74, 6) is 1.62. The Balaban J connectivity index is 1.13. The highest BCUT2D eigenvalue weighted by Crippen LogP contribution is 2.35. The van der Waals surface area contributed by atoms with E-state index in [9.17, 15) is 9.18 Å². The lowest BCUT2D eigenvalue weighted by molar-refractivity contribution is -0.125. The van der Waals surface area contributed by atoms with Gasteiger partial charge in [0.1, 0.15) is 28.5 Å². The van der Waals surface area contributed by atoms with Crippen molar-refractivity contribution in [3.63, 3.8) is 0 Å². The quantitative estimate of drug-likeness (QED) is 0.401. The van der Waals surface area contributed by atoms with Crippen molar-refractivity contribution in [2.45, 2.75) is 33.2 Å². The van der Waals surface area contributed by atoms with E-state index >= 15 is 0 Å². The highest BCUT2D eigenvalue weighted by Gasteiger charge is 2.27. The second-order valence-corrected chi connectivity index (χ2v) is 9.90. The Morgan fingerprint density at radius 2 is 1.89 bits per heavy atom. The fourth-order valence-electron chi connectivity index (χ4n) is 4.29. The summed E-state index contributed by atoms with van der Waals surface area (Å²) < 4.78 is 18.6. The van der Waals surface area contributed by atoms with Gasteiger partial charge < -0.3 is 15.0 Å². The van der Waals surface area contributed by atoms with Crippen LogP contribution in [0.1, 0.15) is 28.8 Å². The molecule has 0 bridgehead atoms. The average molecular weight is 492 g/mol. The van der Waals surface area contributed by atoms with E-state index < -0.39 is 0 Å². The molecular formula is C26H26FN5O2S. The number of carbonyl (C=O) groups is 1. The minimum Gasteiger partial charge on any atom is -0.439 e. The highest BCUT2D eigenvalue weighted by molar-refractivity contribution is 7.18. The van der Waals surface area contributed by atoms with Gasteiger partial charge in [-0.1, -0.05) is 6.07 Å². The predicted molar refractivity (Wildman–Crippen MR) is 134 cm³/mol. The third-order valence-corrected chi connectivity index (χ3v) is 7.53.